The first kappa shape index (κ1) is 10.8. The van der Waals surface area contributed by atoms with Gasteiger partial charge in [-0.1, -0.05) is 24.3 Å². The number of hydrogen-bond donors (Lipinski definition) is 2. The molecule has 1 spiro atoms. The molecule has 1 saturated carbocycles. The fraction of sp³-hybridized carbons (Fsp3) is 0.308. The number of carbonyl (C=O) groups excluding carboxylic acids is 1. The first-order valence-electron chi connectivity index (χ1n) is 5.73. The number of hydrogen-bond acceptors (Lipinski definition) is 4. The number of nitrogens with two attached hydrogens (primary N) is 1. The van der Waals surface area contributed by atoms with Crippen LogP contribution < -0.4 is 11.2 Å². The Labute approximate surface area is 104 Å². The van der Waals surface area contributed by atoms with Crippen molar-refractivity contribution in [3.63, 3.8) is 0 Å². The molecule has 0 radical (unpaired) electrons. The van der Waals surface area contributed by atoms with Gasteiger partial charge in [0.05, 0.1) is 12.0 Å². The highest BCUT2D eigenvalue weighted by molar-refractivity contribution is 6.16. The molecule has 0 saturated heterocycles. The molecule has 1 amide bonds. The van der Waals surface area contributed by atoms with Crippen molar-refractivity contribution in [2.45, 2.75) is 12.8 Å². The smallest absolute Gasteiger partial charge is 0.256 e. The van der Waals surface area contributed by atoms with Crippen LogP contribution in [0.25, 0.3) is 0 Å². The van der Waals surface area contributed by atoms with Crippen LogP contribution in [0.15, 0.2) is 29.4 Å². The molecule has 1 heterocycles. The summed E-state index contributed by atoms with van der Waals surface area (Å²) in [5.74, 6) is -0.646. The highest BCUT2D eigenvalue weighted by Gasteiger charge is 2.75. The van der Waals surface area contributed by atoms with E-state index in [2.05, 4.69) is 16.6 Å². The normalized spacial score (nSPS) is 32.9. The van der Waals surface area contributed by atoms with E-state index in [-0.39, 0.29) is 17.7 Å². The molecule has 1 aliphatic carbocycles. The fourth-order valence-corrected chi connectivity index (χ4v) is 2.94. The Morgan fingerprint density at radius 1 is 1.50 bits per heavy atom. The lowest BCUT2D eigenvalue weighted by atomic mass is 9.95. The van der Waals surface area contributed by atoms with E-state index < -0.39 is 11.3 Å². The van der Waals surface area contributed by atoms with Crippen LogP contribution in [-0.2, 0) is 4.79 Å². The maximum Gasteiger partial charge on any atom is 0.256 e. The highest BCUT2D eigenvalue weighted by Crippen LogP contribution is 2.66. The molecule has 3 rings (SSSR count). The standard InChI is InChI=1S/C13H12N4O/c1-7-4-2-3-5-8(7)10-9(6-14)13(10)11(15)16-17-12(13)18/h2-5,9-10H,1H3,(H2,15,16)(H,17,18)/t9-,10-,13-/m1/s1. The summed E-state index contributed by atoms with van der Waals surface area (Å²) in [4.78, 5) is 12.0. The Morgan fingerprint density at radius 2 is 2.22 bits per heavy atom. The number of amidine groups is 1. The van der Waals surface area contributed by atoms with Crippen LogP contribution in [0.3, 0.4) is 0 Å². The van der Waals surface area contributed by atoms with Gasteiger partial charge >= 0.3 is 0 Å². The van der Waals surface area contributed by atoms with Gasteiger partial charge in [0.1, 0.15) is 11.3 Å². The molecule has 3 N–H and O–H groups in total. The van der Waals surface area contributed by atoms with Crippen molar-refractivity contribution in [3.8, 4) is 6.07 Å². The van der Waals surface area contributed by atoms with E-state index in [1.165, 1.54) is 0 Å². The molecule has 5 nitrogen and oxygen atoms in total. The molecule has 18 heavy (non-hydrogen) atoms. The maximum absolute atomic E-state index is 12.0. The van der Waals surface area contributed by atoms with Crippen LogP contribution in [0, 0.1) is 29.6 Å². The Bertz CT molecular complexity index is 616. The van der Waals surface area contributed by atoms with Crippen LogP contribution in [0.4, 0.5) is 0 Å². The summed E-state index contributed by atoms with van der Waals surface area (Å²) in [7, 11) is 0. The second kappa shape index (κ2) is 3.33. The molecule has 1 aromatic carbocycles. The molecule has 1 aliphatic heterocycles. The maximum atomic E-state index is 12.0. The molecule has 3 atom stereocenters. The SMILES string of the molecule is Cc1ccccc1[C@@H]1[C@@H](C#N)[C@@]12C(=O)NN=C2N. The predicted molar refractivity (Wildman–Crippen MR) is 65.2 cm³/mol. The molecule has 0 aromatic heterocycles. The number of hydrazone groups is 1. The quantitative estimate of drug-likeness (QED) is 0.753. The molecule has 1 fully saturated rings. The highest BCUT2D eigenvalue weighted by atomic mass is 16.2. The van der Waals surface area contributed by atoms with Crippen LogP contribution >= 0.6 is 0 Å². The summed E-state index contributed by atoms with van der Waals surface area (Å²) in [6.07, 6.45) is 0. The van der Waals surface area contributed by atoms with E-state index >= 15 is 0 Å². The lowest BCUT2D eigenvalue weighted by Crippen LogP contribution is -2.32. The minimum atomic E-state index is -0.944. The summed E-state index contributed by atoms with van der Waals surface area (Å²) in [6, 6.07) is 9.94. The van der Waals surface area contributed by atoms with Crippen molar-refractivity contribution in [3.05, 3.63) is 35.4 Å². The van der Waals surface area contributed by atoms with Gasteiger partial charge < -0.3 is 5.73 Å². The van der Waals surface area contributed by atoms with Gasteiger partial charge in [-0.2, -0.15) is 10.4 Å². The minimum Gasteiger partial charge on any atom is -0.385 e. The zero-order valence-corrected chi connectivity index (χ0v) is 9.84. The van der Waals surface area contributed by atoms with Gasteiger partial charge in [-0.05, 0) is 18.1 Å². The Kier molecular flexibility index (Phi) is 1.99. The van der Waals surface area contributed by atoms with Crippen LogP contribution in [0.5, 0.6) is 0 Å². The number of nitrogens with zero attached hydrogens (tertiary/aromatic N) is 2. The average molecular weight is 240 g/mol. The number of benzene rings is 1. The second-order valence-electron chi connectivity index (χ2n) is 4.75. The predicted octanol–water partition coefficient (Wildman–Crippen LogP) is 0.620. The Balaban J connectivity index is 2.11. The summed E-state index contributed by atoms with van der Waals surface area (Å²) >= 11 is 0. The van der Waals surface area contributed by atoms with Gasteiger partial charge in [-0.25, -0.2) is 5.43 Å². The van der Waals surface area contributed by atoms with Crippen molar-refractivity contribution in [1.29, 1.82) is 5.26 Å². The third-order valence-corrected chi connectivity index (χ3v) is 3.95. The van der Waals surface area contributed by atoms with E-state index in [1.807, 2.05) is 31.2 Å². The molecule has 0 unspecified atom stereocenters. The van der Waals surface area contributed by atoms with E-state index in [1.54, 1.807) is 0 Å². The van der Waals surface area contributed by atoms with Crippen molar-refractivity contribution >= 4 is 11.7 Å². The van der Waals surface area contributed by atoms with E-state index in [4.69, 9.17) is 5.73 Å². The first-order valence-corrected chi connectivity index (χ1v) is 5.73. The van der Waals surface area contributed by atoms with Gasteiger partial charge in [0, 0.05) is 5.92 Å². The Hall–Kier alpha value is -2.35. The van der Waals surface area contributed by atoms with E-state index in [9.17, 15) is 10.1 Å². The molecule has 5 heteroatoms. The number of carbonyl (C=O) groups is 1. The van der Waals surface area contributed by atoms with Crippen molar-refractivity contribution < 1.29 is 4.79 Å². The number of nitrogens with one attached hydrogen (secondary N) is 1. The lowest BCUT2D eigenvalue weighted by Gasteiger charge is -2.08. The number of rotatable bonds is 1. The minimum absolute atomic E-state index is 0.185. The summed E-state index contributed by atoms with van der Waals surface area (Å²) in [5, 5.41) is 13.0. The summed E-state index contributed by atoms with van der Waals surface area (Å²) in [5.41, 5.74) is 9.32. The molecule has 90 valence electrons. The van der Waals surface area contributed by atoms with E-state index in [0.29, 0.717) is 0 Å². The topological polar surface area (TPSA) is 91.3 Å². The number of aryl methyl sites for hydroxylation is 1. The van der Waals surface area contributed by atoms with Crippen LogP contribution in [-0.4, -0.2) is 11.7 Å². The van der Waals surface area contributed by atoms with Crippen LogP contribution in [0.1, 0.15) is 17.0 Å². The lowest BCUT2D eigenvalue weighted by molar-refractivity contribution is -0.123. The van der Waals surface area contributed by atoms with Gasteiger partial charge in [0.25, 0.3) is 5.91 Å². The zero-order valence-electron chi connectivity index (χ0n) is 9.84. The Morgan fingerprint density at radius 3 is 2.78 bits per heavy atom. The zero-order chi connectivity index (χ0) is 12.9. The third kappa shape index (κ3) is 1.05. The fourth-order valence-electron chi connectivity index (χ4n) is 2.94. The van der Waals surface area contributed by atoms with Crippen molar-refractivity contribution in [1.82, 2.24) is 5.43 Å². The monoisotopic (exact) mass is 240 g/mol. The molecular weight excluding hydrogens is 228 g/mol. The molecule has 0 bridgehead atoms. The molecule has 1 aromatic rings. The summed E-state index contributed by atoms with van der Waals surface area (Å²) in [6.45, 7) is 1.97. The summed E-state index contributed by atoms with van der Waals surface area (Å²) < 4.78 is 0. The van der Waals surface area contributed by atoms with Crippen molar-refractivity contribution in [2.75, 3.05) is 0 Å². The van der Waals surface area contributed by atoms with Gasteiger partial charge in [0.15, 0.2) is 0 Å². The number of amides is 1. The number of nitriles is 1. The van der Waals surface area contributed by atoms with E-state index in [0.717, 1.165) is 11.1 Å². The van der Waals surface area contributed by atoms with Gasteiger partial charge in [0.2, 0.25) is 0 Å². The second-order valence-corrected chi connectivity index (χ2v) is 4.75. The van der Waals surface area contributed by atoms with Crippen molar-refractivity contribution in [2.24, 2.45) is 22.2 Å². The molecular formula is C13H12N4O. The average Bonchev–Trinajstić information content (AvgIpc) is 2.97. The third-order valence-electron chi connectivity index (χ3n) is 3.95. The first-order chi connectivity index (χ1) is 8.64. The largest absolute Gasteiger partial charge is 0.385 e. The molecule has 2 aliphatic rings. The van der Waals surface area contributed by atoms with Gasteiger partial charge in [-0.3, -0.25) is 4.79 Å². The van der Waals surface area contributed by atoms with Gasteiger partial charge in [-0.15, -0.1) is 0 Å². The van der Waals surface area contributed by atoms with Crippen LogP contribution in [0.2, 0.25) is 0 Å².